The number of aryl methyl sites for hydroxylation is 1. The number of esters is 1. The molecular formula is C18H23N3O6S. The third-order valence-electron chi connectivity index (χ3n) is 3.84. The van der Waals surface area contributed by atoms with Gasteiger partial charge in [-0.2, -0.15) is 0 Å². The van der Waals surface area contributed by atoms with Gasteiger partial charge in [-0.3, -0.25) is 4.79 Å². The van der Waals surface area contributed by atoms with Crippen LogP contribution in [0.15, 0.2) is 39.8 Å². The van der Waals surface area contributed by atoms with Crippen molar-refractivity contribution >= 4 is 27.6 Å². The Morgan fingerprint density at radius 2 is 1.93 bits per heavy atom. The fourth-order valence-electron chi connectivity index (χ4n) is 2.25. The van der Waals surface area contributed by atoms with Crippen molar-refractivity contribution in [3.63, 3.8) is 0 Å². The SMILES string of the molecule is CCCCN(C)S(=O)(=O)c1ccc(NC(=O)COC(=O)c2cc(C)no2)cc1. The summed E-state index contributed by atoms with van der Waals surface area (Å²) in [6.07, 6.45) is 1.67. The number of rotatable bonds is 9. The number of nitrogens with zero attached hydrogens (tertiary/aromatic N) is 2. The Morgan fingerprint density at radius 1 is 1.25 bits per heavy atom. The third-order valence-corrected chi connectivity index (χ3v) is 5.71. The molecule has 1 aromatic carbocycles. The largest absolute Gasteiger partial charge is 0.450 e. The number of amides is 1. The normalized spacial score (nSPS) is 11.4. The summed E-state index contributed by atoms with van der Waals surface area (Å²) in [5.41, 5.74) is 0.901. The Bertz CT molecular complexity index is 921. The predicted octanol–water partition coefficient (Wildman–Crippen LogP) is 2.20. The van der Waals surface area contributed by atoms with E-state index < -0.39 is 28.5 Å². The molecule has 0 aliphatic heterocycles. The molecule has 1 N–H and O–H groups in total. The Kier molecular flexibility index (Phi) is 7.30. The molecule has 0 aliphatic carbocycles. The first kappa shape index (κ1) is 21.6. The highest BCUT2D eigenvalue weighted by Crippen LogP contribution is 2.18. The first-order chi connectivity index (χ1) is 13.2. The van der Waals surface area contributed by atoms with Gasteiger partial charge in [0.1, 0.15) is 0 Å². The van der Waals surface area contributed by atoms with Gasteiger partial charge in [0.25, 0.3) is 5.91 Å². The Labute approximate surface area is 163 Å². The first-order valence-electron chi connectivity index (χ1n) is 8.70. The van der Waals surface area contributed by atoms with Crippen molar-refractivity contribution in [2.75, 3.05) is 25.5 Å². The van der Waals surface area contributed by atoms with Crippen molar-refractivity contribution in [1.29, 1.82) is 0 Å². The lowest BCUT2D eigenvalue weighted by Crippen LogP contribution is -2.28. The summed E-state index contributed by atoms with van der Waals surface area (Å²) >= 11 is 0. The van der Waals surface area contributed by atoms with Crippen LogP contribution < -0.4 is 5.32 Å². The van der Waals surface area contributed by atoms with Gasteiger partial charge in [-0.05, 0) is 37.6 Å². The molecular weight excluding hydrogens is 386 g/mol. The van der Waals surface area contributed by atoms with Gasteiger partial charge < -0.3 is 14.6 Å². The number of carbonyl (C=O) groups excluding carboxylic acids is 2. The highest BCUT2D eigenvalue weighted by atomic mass is 32.2. The first-order valence-corrected chi connectivity index (χ1v) is 10.1. The molecule has 0 saturated carbocycles. The standard InChI is InChI=1S/C18H23N3O6S/c1-4-5-10-21(3)28(24,25)15-8-6-14(7-9-15)19-17(22)12-26-18(23)16-11-13(2)20-27-16/h6-9,11H,4-5,10,12H2,1-3H3,(H,19,22). The zero-order valence-electron chi connectivity index (χ0n) is 16.0. The van der Waals surface area contributed by atoms with Gasteiger partial charge in [-0.1, -0.05) is 18.5 Å². The zero-order chi connectivity index (χ0) is 20.7. The average molecular weight is 409 g/mol. The van der Waals surface area contributed by atoms with Crippen LogP contribution >= 0.6 is 0 Å². The highest BCUT2D eigenvalue weighted by Gasteiger charge is 2.20. The summed E-state index contributed by atoms with van der Waals surface area (Å²) in [7, 11) is -2.04. The van der Waals surface area contributed by atoms with Gasteiger partial charge in [0, 0.05) is 25.3 Å². The lowest BCUT2D eigenvalue weighted by Gasteiger charge is -2.17. The maximum absolute atomic E-state index is 12.5. The predicted molar refractivity (Wildman–Crippen MR) is 101 cm³/mol. The number of unbranched alkanes of at least 4 members (excludes halogenated alkanes) is 1. The minimum atomic E-state index is -3.57. The second kappa shape index (κ2) is 9.47. The van der Waals surface area contributed by atoms with Crippen LogP contribution in [0.4, 0.5) is 5.69 Å². The molecule has 0 fully saturated rings. The molecule has 1 heterocycles. The van der Waals surface area contributed by atoms with Crippen molar-refractivity contribution in [3.05, 3.63) is 41.8 Å². The molecule has 1 aromatic heterocycles. The molecule has 0 saturated heterocycles. The van der Waals surface area contributed by atoms with E-state index in [4.69, 9.17) is 9.26 Å². The van der Waals surface area contributed by atoms with Gasteiger partial charge in [0.05, 0.1) is 10.6 Å². The maximum atomic E-state index is 12.5. The van der Waals surface area contributed by atoms with E-state index in [1.807, 2.05) is 6.92 Å². The molecule has 0 unspecified atom stereocenters. The zero-order valence-corrected chi connectivity index (χ0v) is 16.8. The van der Waals surface area contributed by atoms with Crippen molar-refractivity contribution in [1.82, 2.24) is 9.46 Å². The van der Waals surface area contributed by atoms with Crippen LogP contribution in [-0.4, -0.2) is 50.0 Å². The topological polar surface area (TPSA) is 119 Å². The van der Waals surface area contributed by atoms with Crippen molar-refractivity contribution in [2.24, 2.45) is 0 Å². The number of anilines is 1. The van der Waals surface area contributed by atoms with Crippen LogP contribution in [0.5, 0.6) is 0 Å². The number of sulfonamides is 1. The number of ether oxygens (including phenoxy) is 1. The quantitative estimate of drug-likeness (QED) is 0.631. The summed E-state index contributed by atoms with van der Waals surface area (Å²) in [5, 5.41) is 6.09. The fourth-order valence-corrected chi connectivity index (χ4v) is 3.46. The molecule has 28 heavy (non-hydrogen) atoms. The molecule has 2 aromatic rings. The van der Waals surface area contributed by atoms with Crippen LogP contribution in [0.2, 0.25) is 0 Å². The summed E-state index contributed by atoms with van der Waals surface area (Å²) in [4.78, 5) is 23.7. The van der Waals surface area contributed by atoms with E-state index in [9.17, 15) is 18.0 Å². The molecule has 0 radical (unpaired) electrons. The summed E-state index contributed by atoms with van der Waals surface area (Å²) in [6, 6.07) is 7.17. The number of benzene rings is 1. The van der Waals surface area contributed by atoms with Gasteiger partial charge >= 0.3 is 5.97 Å². The van der Waals surface area contributed by atoms with E-state index in [0.29, 0.717) is 17.9 Å². The number of hydrogen-bond acceptors (Lipinski definition) is 7. The van der Waals surface area contributed by atoms with Gasteiger partial charge in [-0.15, -0.1) is 0 Å². The van der Waals surface area contributed by atoms with Gasteiger partial charge in [0.2, 0.25) is 15.8 Å². The minimum Gasteiger partial charge on any atom is -0.450 e. The second-order valence-electron chi connectivity index (χ2n) is 6.16. The number of carbonyl (C=O) groups is 2. The average Bonchev–Trinajstić information content (AvgIpc) is 3.11. The van der Waals surface area contributed by atoms with E-state index in [-0.39, 0.29) is 10.7 Å². The summed E-state index contributed by atoms with van der Waals surface area (Å²) in [5.74, 6) is -1.46. The fraction of sp³-hybridized carbons (Fsp3) is 0.389. The molecule has 1 amide bonds. The molecule has 2 rings (SSSR count). The van der Waals surface area contributed by atoms with Gasteiger partial charge in [0.15, 0.2) is 6.61 Å². The Hall–Kier alpha value is -2.72. The second-order valence-corrected chi connectivity index (χ2v) is 8.21. The molecule has 9 nitrogen and oxygen atoms in total. The molecule has 0 spiro atoms. The van der Waals surface area contributed by atoms with Crippen molar-refractivity contribution < 1.29 is 27.3 Å². The van der Waals surface area contributed by atoms with E-state index >= 15 is 0 Å². The molecule has 152 valence electrons. The van der Waals surface area contributed by atoms with Crippen LogP contribution in [-0.2, 0) is 19.6 Å². The number of nitrogens with one attached hydrogen (secondary N) is 1. The Balaban J connectivity index is 1.91. The van der Waals surface area contributed by atoms with Crippen LogP contribution in [0.3, 0.4) is 0 Å². The lowest BCUT2D eigenvalue weighted by atomic mass is 10.3. The van der Waals surface area contributed by atoms with Crippen LogP contribution in [0.25, 0.3) is 0 Å². The number of aromatic nitrogens is 1. The van der Waals surface area contributed by atoms with Crippen LogP contribution in [0.1, 0.15) is 36.0 Å². The van der Waals surface area contributed by atoms with Gasteiger partial charge in [-0.25, -0.2) is 17.5 Å². The summed E-state index contributed by atoms with van der Waals surface area (Å²) in [6.45, 7) is 3.56. The number of hydrogen-bond donors (Lipinski definition) is 1. The highest BCUT2D eigenvalue weighted by molar-refractivity contribution is 7.89. The minimum absolute atomic E-state index is 0.0907. The van der Waals surface area contributed by atoms with E-state index in [1.54, 1.807) is 6.92 Å². The lowest BCUT2D eigenvalue weighted by molar-refractivity contribution is -0.119. The molecule has 0 bridgehead atoms. The van der Waals surface area contributed by atoms with Crippen LogP contribution in [0, 0.1) is 6.92 Å². The van der Waals surface area contributed by atoms with E-state index in [1.165, 1.54) is 41.7 Å². The van der Waals surface area contributed by atoms with Crippen molar-refractivity contribution in [2.45, 2.75) is 31.6 Å². The smallest absolute Gasteiger partial charge is 0.377 e. The summed E-state index contributed by atoms with van der Waals surface area (Å²) < 4.78 is 35.8. The maximum Gasteiger partial charge on any atom is 0.377 e. The third kappa shape index (κ3) is 5.64. The van der Waals surface area contributed by atoms with E-state index in [0.717, 1.165) is 12.8 Å². The molecule has 0 atom stereocenters. The Morgan fingerprint density at radius 3 is 2.50 bits per heavy atom. The molecule has 0 aliphatic rings. The van der Waals surface area contributed by atoms with Crippen molar-refractivity contribution in [3.8, 4) is 0 Å². The molecule has 10 heteroatoms. The van der Waals surface area contributed by atoms with E-state index in [2.05, 4.69) is 10.5 Å². The monoisotopic (exact) mass is 409 g/mol.